The Kier molecular flexibility index (Phi) is 9.32. The highest BCUT2D eigenvalue weighted by Crippen LogP contribution is 2.38. The Labute approximate surface area is 227 Å². The van der Waals surface area contributed by atoms with Crippen LogP contribution in [0.25, 0.3) is 0 Å². The second-order valence-corrected chi connectivity index (χ2v) is 10.1. The monoisotopic (exact) mass is 548 g/mol. The van der Waals surface area contributed by atoms with E-state index in [1.165, 1.54) is 17.3 Å². The van der Waals surface area contributed by atoms with E-state index >= 15 is 0 Å². The van der Waals surface area contributed by atoms with E-state index in [1.54, 1.807) is 0 Å². The molecule has 2 aromatic carbocycles. The summed E-state index contributed by atoms with van der Waals surface area (Å²) in [5, 5.41) is 0. The van der Waals surface area contributed by atoms with E-state index in [0.717, 1.165) is 58.4 Å². The minimum absolute atomic E-state index is 0.0866. The normalized spacial score (nSPS) is 17.2. The van der Waals surface area contributed by atoms with Crippen LogP contribution >= 0.6 is 0 Å². The average Bonchev–Trinajstić information content (AvgIpc) is 3.19. The molecule has 2 aliphatic heterocycles. The van der Waals surface area contributed by atoms with Crippen molar-refractivity contribution in [3.8, 4) is 0 Å². The van der Waals surface area contributed by atoms with Crippen LogP contribution in [0.1, 0.15) is 30.4 Å². The highest BCUT2D eigenvalue weighted by molar-refractivity contribution is 5.76. The number of carbonyl (C=O) groups excluding carboxylic acids is 1. The largest absolute Gasteiger partial charge is 0.423 e. The number of nitrogens with zero attached hydrogens (tertiary/aromatic N) is 5. The van der Waals surface area contributed by atoms with Gasteiger partial charge >= 0.3 is 11.9 Å². The zero-order chi connectivity index (χ0) is 28.0. The van der Waals surface area contributed by atoms with Crippen molar-refractivity contribution in [2.24, 2.45) is 0 Å². The second-order valence-electron chi connectivity index (χ2n) is 10.1. The number of benzene rings is 2. The lowest BCUT2D eigenvalue weighted by atomic mass is 10.1. The Hall–Kier alpha value is -3.34. The quantitative estimate of drug-likeness (QED) is 0.449. The van der Waals surface area contributed by atoms with Gasteiger partial charge in [0.1, 0.15) is 5.56 Å². The predicted molar refractivity (Wildman–Crippen MR) is 144 cm³/mol. The summed E-state index contributed by atoms with van der Waals surface area (Å²) in [6.45, 7) is 8.80. The summed E-state index contributed by atoms with van der Waals surface area (Å²) in [4.78, 5) is 37.4. The van der Waals surface area contributed by atoms with Crippen LogP contribution in [0.4, 0.5) is 30.2 Å². The van der Waals surface area contributed by atoms with Gasteiger partial charge in [0.15, 0.2) is 7.11 Å². The van der Waals surface area contributed by atoms with E-state index < -0.39 is 17.4 Å². The number of anilines is 2. The Morgan fingerprint density at radius 1 is 0.897 bits per heavy atom. The topological polar surface area (TPSA) is 59.3 Å². The van der Waals surface area contributed by atoms with Gasteiger partial charge in [-0.05, 0) is 50.6 Å². The molecule has 0 bridgehead atoms. The molecule has 4 rings (SSSR count). The molecule has 1 amide bonds. The van der Waals surface area contributed by atoms with E-state index in [4.69, 9.17) is 0 Å². The molecule has 0 spiro atoms. The number of alkyl halides is 3. The number of piperazine rings is 1. The molecular weight excluding hydrogens is 511 g/mol. The molecular formula is C28H37F3N5O3+. The fourth-order valence-electron chi connectivity index (χ4n) is 5.23. The van der Waals surface area contributed by atoms with Gasteiger partial charge in [-0.2, -0.15) is 13.2 Å². The molecule has 2 aromatic rings. The summed E-state index contributed by atoms with van der Waals surface area (Å²) >= 11 is 0. The van der Waals surface area contributed by atoms with Gasteiger partial charge in [0.25, 0.3) is 4.92 Å². The number of amides is 1. The SMILES string of the molecule is CO[N+](=O)c1ccc(N2CCCN(C(=O)CCCN3CCN(c4ccc(C)cc4)CC3)CC2)cc1C(F)(F)F. The Bertz CT molecular complexity index is 1130. The van der Waals surface area contributed by atoms with E-state index in [-0.39, 0.29) is 10.8 Å². The van der Waals surface area contributed by atoms with Crippen molar-refractivity contribution in [1.29, 1.82) is 0 Å². The first-order valence-electron chi connectivity index (χ1n) is 13.4. The smallest absolute Gasteiger partial charge is 0.370 e. The van der Waals surface area contributed by atoms with Crippen molar-refractivity contribution >= 4 is 23.0 Å². The third-order valence-corrected chi connectivity index (χ3v) is 7.50. The van der Waals surface area contributed by atoms with Crippen molar-refractivity contribution < 1.29 is 27.7 Å². The summed E-state index contributed by atoms with van der Waals surface area (Å²) in [7, 11) is 1.02. The molecule has 212 valence electrons. The van der Waals surface area contributed by atoms with Crippen LogP contribution in [0.15, 0.2) is 42.5 Å². The first kappa shape index (κ1) is 28.7. The number of hydrogen-bond acceptors (Lipinski definition) is 6. The first-order chi connectivity index (χ1) is 18.7. The molecule has 0 N–H and O–H groups in total. The van der Waals surface area contributed by atoms with Crippen LogP contribution < -0.4 is 9.80 Å². The molecule has 2 fully saturated rings. The van der Waals surface area contributed by atoms with Crippen LogP contribution in [0.3, 0.4) is 0 Å². The lowest BCUT2D eigenvalue weighted by Gasteiger charge is -2.36. The summed E-state index contributed by atoms with van der Waals surface area (Å²) < 4.78 is 40.8. The lowest BCUT2D eigenvalue weighted by molar-refractivity contribution is -0.737. The average molecular weight is 549 g/mol. The van der Waals surface area contributed by atoms with Crippen LogP contribution in [0.5, 0.6) is 0 Å². The van der Waals surface area contributed by atoms with E-state index in [0.29, 0.717) is 44.7 Å². The van der Waals surface area contributed by atoms with E-state index in [2.05, 4.69) is 45.8 Å². The zero-order valence-corrected chi connectivity index (χ0v) is 22.6. The lowest BCUT2D eigenvalue weighted by Crippen LogP contribution is -2.46. The number of aryl methyl sites for hydroxylation is 1. The fraction of sp³-hybridized carbons (Fsp3) is 0.536. The van der Waals surface area contributed by atoms with Crippen molar-refractivity contribution in [2.45, 2.75) is 32.4 Å². The maximum absolute atomic E-state index is 13.6. The van der Waals surface area contributed by atoms with Crippen molar-refractivity contribution in [2.75, 3.05) is 75.8 Å². The third-order valence-electron chi connectivity index (χ3n) is 7.50. The van der Waals surface area contributed by atoms with Crippen molar-refractivity contribution in [1.82, 2.24) is 9.80 Å². The van der Waals surface area contributed by atoms with Crippen LogP contribution in [-0.2, 0) is 15.8 Å². The highest BCUT2D eigenvalue weighted by atomic mass is 19.4. The summed E-state index contributed by atoms with van der Waals surface area (Å²) in [5.74, 6) is 0.0866. The number of carbonyl (C=O) groups is 1. The van der Waals surface area contributed by atoms with Gasteiger partial charge in [-0.3, -0.25) is 9.69 Å². The molecule has 0 radical (unpaired) electrons. The summed E-state index contributed by atoms with van der Waals surface area (Å²) in [6.07, 6.45) is -2.80. The predicted octanol–water partition coefficient (Wildman–Crippen LogP) is 4.63. The molecule has 2 aliphatic rings. The molecule has 0 unspecified atom stereocenters. The molecule has 0 saturated carbocycles. The van der Waals surface area contributed by atoms with Gasteiger partial charge in [-0.15, -0.1) is 0 Å². The molecule has 2 heterocycles. The van der Waals surface area contributed by atoms with Crippen molar-refractivity contribution in [3.63, 3.8) is 0 Å². The second kappa shape index (κ2) is 12.7. The molecule has 0 atom stereocenters. The zero-order valence-electron chi connectivity index (χ0n) is 22.6. The van der Waals surface area contributed by atoms with Crippen molar-refractivity contribution in [3.05, 3.63) is 58.5 Å². The number of rotatable bonds is 8. The van der Waals surface area contributed by atoms with Gasteiger partial charge in [0, 0.05) is 76.2 Å². The fourth-order valence-corrected chi connectivity index (χ4v) is 5.23. The molecule has 0 aromatic heterocycles. The van der Waals surface area contributed by atoms with E-state index in [1.807, 2.05) is 9.80 Å². The minimum atomic E-state index is -4.70. The Morgan fingerprint density at radius 3 is 2.21 bits per heavy atom. The van der Waals surface area contributed by atoms with Crippen LogP contribution in [0, 0.1) is 11.8 Å². The highest BCUT2D eigenvalue weighted by Gasteiger charge is 2.41. The number of hydrogen-bond donors (Lipinski definition) is 0. The molecule has 8 nitrogen and oxygen atoms in total. The summed E-state index contributed by atoms with van der Waals surface area (Å²) in [6, 6.07) is 12.2. The van der Waals surface area contributed by atoms with Gasteiger partial charge in [-0.25, -0.2) is 4.84 Å². The first-order valence-corrected chi connectivity index (χ1v) is 13.4. The molecule has 39 heavy (non-hydrogen) atoms. The maximum atomic E-state index is 13.6. The standard InChI is InChI=1S/C28H37F3N5O3/c1-22-6-8-23(9-7-22)34-17-15-32(16-18-34)12-3-5-27(37)35-14-4-13-33(19-20-35)24-10-11-26(36(38)39-2)25(21-24)28(29,30)31/h6-11,21H,3-5,12-20H2,1-2H3/q+1. The Balaban J connectivity index is 1.24. The Morgan fingerprint density at radius 2 is 1.54 bits per heavy atom. The maximum Gasteiger partial charge on any atom is 0.423 e. The van der Waals surface area contributed by atoms with Gasteiger partial charge in [-0.1, -0.05) is 17.7 Å². The van der Waals surface area contributed by atoms with Crippen LogP contribution in [0.2, 0.25) is 0 Å². The third kappa shape index (κ3) is 7.40. The van der Waals surface area contributed by atoms with Crippen LogP contribution in [-0.4, -0.2) is 86.6 Å². The van der Waals surface area contributed by atoms with E-state index in [9.17, 15) is 22.9 Å². The molecule has 2 saturated heterocycles. The van der Waals surface area contributed by atoms with Gasteiger partial charge < -0.3 is 14.7 Å². The molecule has 0 aliphatic carbocycles. The number of halogens is 3. The molecule has 11 heteroatoms. The summed E-state index contributed by atoms with van der Waals surface area (Å²) in [5.41, 5.74) is 1.24. The minimum Gasteiger partial charge on any atom is -0.370 e. The van der Waals surface area contributed by atoms with Gasteiger partial charge in [0.05, 0.1) is 4.91 Å². The van der Waals surface area contributed by atoms with Gasteiger partial charge in [0.2, 0.25) is 5.91 Å².